The van der Waals surface area contributed by atoms with Crippen molar-refractivity contribution in [1.82, 2.24) is 4.90 Å². The van der Waals surface area contributed by atoms with Crippen LogP contribution in [0.2, 0.25) is 0 Å². The van der Waals surface area contributed by atoms with E-state index in [4.69, 9.17) is 5.73 Å². The Morgan fingerprint density at radius 2 is 2.00 bits per heavy atom. The fraction of sp³-hybridized carbons (Fsp3) is 0.562. The highest BCUT2D eigenvalue weighted by atomic mass is 16.2. The van der Waals surface area contributed by atoms with Crippen molar-refractivity contribution in [2.45, 2.75) is 32.1 Å². The van der Waals surface area contributed by atoms with Crippen LogP contribution < -0.4 is 5.73 Å². The minimum atomic E-state index is -0.244. The molecule has 0 saturated heterocycles. The van der Waals surface area contributed by atoms with Crippen molar-refractivity contribution >= 4 is 5.91 Å². The van der Waals surface area contributed by atoms with Crippen LogP contribution in [0.1, 0.15) is 32.3 Å². The summed E-state index contributed by atoms with van der Waals surface area (Å²) in [4.78, 5) is 14.8. The second-order valence-corrected chi connectivity index (χ2v) is 5.63. The van der Waals surface area contributed by atoms with Gasteiger partial charge in [0.05, 0.1) is 5.41 Å². The molecule has 3 nitrogen and oxygen atoms in total. The van der Waals surface area contributed by atoms with E-state index in [-0.39, 0.29) is 11.3 Å². The third-order valence-corrected chi connectivity index (χ3v) is 4.09. The SMILES string of the molecule is CCN(CC(C)CN)C(=O)C1(c2ccccc2)CC1. The van der Waals surface area contributed by atoms with E-state index >= 15 is 0 Å². The van der Waals surface area contributed by atoms with Gasteiger partial charge < -0.3 is 10.6 Å². The Balaban J connectivity index is 2.14. The van der Waals surface area contributed by atoms with Gasteiger partial charge in [0, 0.05) is 13.1 Å². The molecule has 2 rings (SSSR count). The summed E-state index contributed by atoms with van der Waals surface area (Å²) < 4.78 is 0. The maximum absolute atomic E-state index is 12.8. The van der Waals surface area contributed by atoms with Crippen molar-refractivity contribution in [2.24, 2.45) is 11.7 Å². The van der Waals surface area contributed by atoms with Gasteiger partial charge in [0.25, 0.3) is 0 Å². The predicted molar refractivity (Wildman–Crippen MR) is 77.8 cm³/mol. The molecule has 19 heavy (non-hydrogen) atoms. The second kappa shape index (κ2) is 5.74. The number of carbonyl (C=O) groups is 1. The van der Waals surface area contributed by atoms with Crippen LogP contribution in [0.25, 0.3) is 0 Å². The summed E-state index contributed by atoms with van der Waals surface area (Å²) in [7, 11) is 0. The third kappa shape index (κ3) is 2.81. The van der Waals surface area contributed by atoms with Gasteiger partial charge in [0.1, 0.15) is 0 Å². The minimum Gasteiger partial charge on any atom is -0.342 e. The van der Waals surface area contributed by atoms with E-state index in [0.29, 0.717) is 12.5 Å². The minimum absolute atomic E-state index is 0.244. The molecular weight excluding hydrogens is 236 g/mol. The molecule has 1 atom stereocenters. The van der Waals surface area contributed by atoms with Gasteiger partial charge in [-0.2, -0.15) is 0 Å². The smallest absolute Gasteiger partial charge is 0.233 e. The maximum Gasteiger partial charge on any atom is 0.233 e. The summed E-state index contributed by atoms with van der Waals surface area (Å²) in [6.45, 7) is 6.29. The van der Waals surface area contributed by atoms with E-state index in [2.05, 4.69) is 19.1 Å². The van der Waals surface area contributed by atoms with Gasteiger partial charge in [0.2, 0.25) is 5.91 Å². The van der Waals surface area contributed by atoms with E-state index in [1.807, 2.05) is 30.0 Å². The molecule has 1 saturated carbocycles. The Morgan fingerprint density at radius 1 is 1.37 bits per heavy atom. The molecule has 1 aliphatic rings. The maximum atomic E-state index is 12.8. The van der Waals surface area contributed by atoms with E-state index in [9.17, 15) is 4.79 Å². The molecule has 2 N–H and O–H groups in total. The molecule has 0 spiro atoms. The number of carbonyl (C=O) groups excluding carboxylic acids is 1. The van der Waals surface area contributed by atoms with Gasteiger partial charge in [-0.3, -0.25) is 4.79 Å². The first-order valence-corrected chi connectivity index (χ1v) is 7.19. The summed E-state index contributed by atoms with van der Waals surface area (Å²) in [5, 5.41) is 0. The highest BCUT2D eigenvalue weighted by Crippen LogP contribution is 2.49. The molecule has 1 aromatic carbocycles. The van der Waals surface area contributed by atoms with Gasteiger partial charge in [-0.1, -0.05) is 37.3 Å². The number of hydrogen-bond acceptors (Lipinski definition) is 2. The molecule has 1 aliphatic carbocycles. The fourth-order valence-corrected chi connectivity index (χ4v) is 2.62. The van der Waals surface area contributed by atoms with E-state index in [0.717, 1.165) is 25.9 Å². The number of rotatable bonds is 6. The average Bonchev–Trinajstić information content (AvgIpc) is 3.26. The Kier molecular flexibility index (Phi) is 4.25. The molecule has 3 heteroatoms. The van der Waals surface area contributed by atoms with Crippen LogP contribution in [-0.2, 0) is 10.2 Å². The highest BCUT2D eigenvalue weighted by molar-refractivity contribution is 5.91. The van der Waals surface area contributed by atoms with Crippen LogP contribution in [0.3, 0.4) is 0 Å². The van der Waals surface area contributed by atoms with E-state index in [1.54, 1.807) is 0 Å². The molecule has 0 heterocycles. The van der Waals surface area contributed by atoms with Crippen LogP contribution in [0, 0.1) is 5.92 Å². The molecule has 1 amide bonds. The molecule has 1 aromatic rings. The number of nitrogens with zero attached hydrogens (tertiary/aromatic N) is 1. The van der Waals surface area contributed by atoms with Gasteiger partial charge in [-0.05, 0) is 37.8 Å². The van der Waals surface area contributed by atoms with E-state index in [1.165, 1.54) is 5.56 Å². The summed E-state index contributed by atoms with van der Waals surface area (Å²) >= 11 is 0. The van der Waals surface area contributed by atoms with Crippen molar-refractivity contribution in [3.63, 3.8) is 0 Å². The van der Waals surface area contributed by atoms with Crippen LogP contribution in [0.5, 0.6) is 0 Å². The van der Waals surface area contributed by atoms with Crippen molar-refractivity contribution in [3.8, 4) is 0 Å². The first-order valence-electron chi connectivity index (χ1n) is 7.19. The normalized spacial score (nSPS) is 17.8. The molecule has 0 bridgehead atoms. The van der Waals surface area contributed by atoms with Crippen molar-refractivity contribution in [1.29, 1.82) is 0 Å². The summed E-state index contributed by atoms with van der Waals surface area (Å²) in [6, 6.07) is 10.2. The third-order valence-electron chi connectivity index (χ3n) is 4.09. The predicted octanol–water partition coefficient (Wildman–Crippen LogP) is 2.16. The van der Waals surface area contributed by atoms with Crippen molar-refractivity contribution < 1.29 is 4.79 Å². The zero-order valence-corrected chi connectivity index (χ0v) is 11.9. The van der Waals surface area contributed by atoms with Gasteiger partial charge >= 0.3 is 0 Å². The molecule has 1 unspecified atom stereocenters. The zero-order valence-electron chi connectivity index (χ0n) is 11.9. The quantitative estimate of drug-likeness (QED) is 0.852. The Morgan fingerprint density at radius 3 is 2.47 bits per heavy atom. The number of amides is 1. The zero-order chi connectivity index (χ0) is 13.9. The monoisotopic (exact) mass is 260 g/mol. The number of nitrogens with two attached hydrogens (primary N) is 1. The second-order valence-electron chi connectivity index (χ2n) is 5.63. The lowest BCUT2D eigenvalue weighted by molar-refractivity contribution is -0.134. The number of hydrogen-bond donors (Lipinski definition) is 1. The summed E-state index contributed by atoms with van der Waals surface area (Å²) in [6.07, 6.45) is 1.95. The van der Waals surface area contributed by atoms with Crippen LogP contribution >= 0.6 is 0 Å². The summed E-state index contributed by atoms with van der Waals surface area (Å²) in [5.74, 6) is 0.636. The fourth-order valence-electron chi connectivity index (χ4n) is 2.62. The van der Waals surface area contributed by atoms with Crippen LogP contribution in [0.4, 0.5) is 0 Å². The standard InChI is InChI=1S/C16H24N2O/c1-3-18(12-13(2)11-17)15(19)16(9-10-16)14-7-5-4-6-8-14/h4-8,13H,3,9-12,17H2,1-2H3. The Bertz CT molecular complexity index is 426. The first kappa shape index (κ1) is 14.1. The Hall–Kier alpha value is -1.35. The molecule has 0 radical (unpaired) electrons. The topological polar surface area (TPSA) is 46.3 Å². The van der Waals surface area contributed by atoms with Crippen LogP contribution in [0.15, 0.2) is 30.3 Å². The summed E-state index contributed by atoms with van der Waals surface area (Å²) in [5.41, 5.74) is 6.59. The van der Waals surface area contributed by atoms with Crippen molar-refractivity contribution in [2.75, 3.05) is 19.6 Å². The lowest BCUT2D eigenvalue weighted by Crippen LogP contribution is -2.42. The van der Waals surface area contributed by atoms with Crippen LogP contribution in [-0.4, -0.2) is 30.4 Å². The average molecular weight is 260 g/mol. The molecule has 104 valence electrons. The van der Waals surface area contributed by atoms with Gasteiger partial charge in [-0.15, -0.1) is 0 Å². The number of likely N-dealkylation sites (N-methyl/N-ethyl adjacent to an activating group) is 1. The number of benzene rings is 1. The van der Waals surface area contributed by atoms with Crippen molar-refractivity contribution in [3.05, 3.63) is 35.9 Å². The van der Waals surface area contributed by atoms with Gasteiger partial charge in [-0.25, -0.2) is 0 Å². The lowest BCUT2D eigenvalue weighted by atomic mass is 9.94. The highest BCUT2D eigenvalue weighted by Gasteiger charge is 2.52. The Labute approximate surface area is 115 Å². The molecular formula is C16H24N2O. The molecule has 1 fully saturated rings. The first-order chi connectivity index (χ1) is 9.14. The lowest BCUT2D eigenvalue weighted by Gasteiger charge is -2.28. The van der Waals surface area contributed by atoms with Gasteiger partial charge in [0.15, 0.2) is 0 Å². The molecule has 0 aliphatic heterocycles. The molecule has 0 aromatic heterocycles. The largest absolute Gasteiger partial charge is 0.342 e. The van der Waals surface area contributed by atoms with E-state index < -0.39 is 0 Å².